The van der Waals surface area contributed by atoms with Gasteiger partial charge in [0.05, 0.1) is 55.5 Å². The lowest BCUT2D eigenvalue weighted by Gasteiger charge is -2.13. The van der Waals surface area contributed by atoms with Crippen molar-refractivity contribution in [3.05, 3.63) is 89.3 Å². The number of carboxylic acids is 1. The molecule has 282 valence electrons. The molecule has 0 spiro atoms. The molecule has 0 amide bonds. The van der Waals surface area contributed by atoms with Crippen LogP contribution < -0.4 is 10.1 Å². The second kappa shape index (κ2) is 20.7. The molecule has 23 heteroatoms. The van der Waals surface area contributed by atoms with Crippen molar-refractivity contribution in [2.75, 3.05) is 19.4 Å². The number of nitro groups is 1. The number of carbonyl (C=O) groups is 3. The number of aliphatic carboxylic acids is 1. The molecule has 3 rings (SSSR count). The number of rotatable bonds is 11. The molecular formula is C29H26Br2ClF3N3O13P. The summed E-state index contributed by atoms with van der Waals surface area (Å²) < 4.78 is 64.3. The third-order valence-electron chi connectivity index (χ3n) is 5.51. The maximum absolute atomic E-state index is 12.8. The largest absolute Gasteiger partial charge is 0.506 e. The molecule has 52 heavy (non-hydrogen) atoms. The number of carbonyl (C=O) groups excluding carboxylic acids is 2. The Morgan fingerprint density at radius 1 is 1.12 bits per heavy atom. The summed E-state index contributed by atoms with van der Waals surface area (Å²) >= 11 is 12.0. The first-order chi connectivity index (χ1) is 24.0. The van der Waals surface area contributed by atoms with E-state index in [9.17, 15) is 47.3 Å². The summed E-state index contributed by atoms with van der Waals surface area (Å²) in [6.45, 7) is 2.37. The van der Waals surface area contributed by atoms with Crippen molar-refractivity contribution in [2.24, 2.45) is 0 Å². The number of ether oxygens (including phenoxy) is 3. The normalized spacial score (nSPS) is 11.3. The molecule has 0 fully saturated rings. The number of carboxylic acid groups (broad SMARTS) is 1. The zero-order valence-corrected chi connectivity index (χ0v) is 31.2. The minimum Gasteiger partial charge on any atom is -0.506 e. The van der Waals surface area contributed by atoms with Gasteiger partial charge in [0.15, 0.2) is 6.10 Å². The Bertz CT molecular complexity index is 1850. The number of nitrogens with one attached hydrogen (secondary N) is 1. The molecule has 0 aliphatic carbocycles. The van der Waals surface area contributed by atoms with E-state index in [-0.39, 0.29) is 28.9 Å². The number of alkyl halides is 3. The molecular weight excluding hydrogens is 882 g/mol. The van der Waals surface area contributed by atoms with Gasteiger partial charge in [-0.15, -0.1) is 0 Å². The van der Waals surface area contributed by atoms with Gasteiger partial charge in [0, 0.05) is 12.1 Å². The van der Waals surface area contributed by atoms with Crippen LogP contribution in [0.4, 0.5) is 18.9 Å². The molecule has 1 unspecified atom stereocenters. The molecule has 0 aliphatic rings. The van der Waals surface area contributed by atoms with E-state index in [1.54, 1.807) is 19.1 Å². The zero-order valence-electron chi connectivity index (χ0n) is 26.4. The van der Waals surface area contributed by atoms with E-state index in [2.05, 4.69) is 37.2 Å². The lowest BCUT2D eigenvalue weighted by Crippen LogP contribution is -2.26. The summed E-state index contributed by atoms with van der Waals surface area (Å²) in [6, 6.07) is 10.4. The van der Waals surface area contributed by atoms with Crippen molar-refractivity contribution in [3.63, 3.8) is 0 Å². The lowest BCUT2D eigenvalue weighted by atomic mass is 10.1. The third kappa shape index (κ3) is 15.9. The van der Waals surface area contributed by atoms with Gasteiger partial charge in [-0.2, -0.15) is 18.4 Å². The Balaban J connectivity index is 0.000000522. The fraction of sp³-hybridized carbons (Fsp3) is 0.241. The number of esters is 2. The quantitative estimate of drug-likeness (QED) is 0.0577. The first-order valence-electron chi connectivity index (χ1n) is 13.8. The van der Waals surface area contributed by atoms with Crippen molar-refractivity contribution in [1.82, 2.24) is 5.32 Å². The molecule has 0 aliphatic heterocycles. The van der Waals surface area contributed by atoms with Gasteiger partial charge >= 0.3 is 31.7 Å². The minimum atomic E-state index is -4.61. The highest BCUT2D eigenvalue weighted by atomic mass is 79.9. The first-order valence-corrected chi connectivity index (χ1v) is 17.5. The third-order valence-corrected chi connectivity index (χ3v) is 7.65. The molecule has 0 aromatic heterocycles. The summed E-state index contributed by atoms with van der Waals surface area (Å²) in [7, 11) is -4.10. The molecule has 1 atom stereocenters. The summed E-state index contributed by atoms with van der Waals surface area (Å²) in [5.74, 6) is -3.39. The van der Waals surface area contributed by atoms with E-state index in [1.165, 1.54) is 6.92 Å². The number of phenolic OH excluding ortho intramolecular Hbond substituents is 1. The van der Waals surface area contributed by atoms with Crippen LogP contribution in [0.5, 0.6) is 17.2 Å². The van der Waals surface area contributed by atoms with Crippen molar-refractivity contribution in [3.8, 4) is 23.3 Å². The highest BCUT2D eigenvalue weighted by Crippen LogP contribution is 2.37. The van der Waals surface area contributed by atoms with Crippen LogP contribution in [0.2, 0.25) is 5.02 Å². The van der Waals surface area contributed by atoms with Crippen molar-refractivity contribution < 1.29 is 71.3 Å². The fourth-order valence-electron chi connectivity index (χ4n) is 3.26. The lowest BCUT2D eigenvalue weighted by molar-refractivity contribution is -0.385. The molecule has 0 saturated carbocycles. The molecule has 5 N–H and O–H groups in total. The fourth-order valence-corrected chi connectivity index (χ4v) is 5.07. The highest BCUT2D eigenvalue weighted by Gasteiger charge is 2.31. The molecule has 0 bridgehead atoms. The van der Waals surface area contributed by atoms with E-state index in [0.29, 0.717) is 20.6 Å². The van der Waals surface area contributed by atoms with Crippen LogP contribution in [0.25, 0.3) is 0 Å². The molecule has 0 saturated heterocycles. The average molecular weight is 908 g/mol. The monoisotopic (exact) mass is 905 g/mol. The Kier molecular flexibility index (Phi) is 18.2. The van der Waals surface area contributed by atoms with Crippen LogP contribution in [0.1, 0.15) is 35.3 Å². The maximum Gasteiger partial charge on any atom is 0.416 e. The molecule has 0 heterocycles. The first kappa shape index (κ1) is 45.7. The summed E-state index contributed by atoms with van der Waals surface area (Å²) in [5.41, 5.74) is -1.67. The van der Waals surface area contributed by atoms with Gasteiger partial charge in [0.1, 0.15) is 22.8 Å². The minimum absolute atomic E-state index is 0.0398. The van der Waals surface area contributed by atoms with Crippen molar-refractivity contribution >= 4 is 74.7 Å². The predicted octanol–water partition coefficient (Wildman–Crippen LogP) is 6.75. The van der Waals surface area contributed by atoms with Gasteiger partial charge in [-0.05, 0) is 82.1 Å². The van der Waals surface area contributed by atoms with Crippen LogP contribution in [0, 0.1) is 21.4 Å². The Hall–Kier alpha value is -4.29. The second-order valence-electron chi connectivity index (χ2n) is 9.52. The Morgan fingerprint density at radius 2 is 1.71 bits per heavy atom. The van der Waals surface area contributed by atoms with Crippen molar-refractivity contribution in [2.45, 2.75) is 26.1 Å². The summed E-state index contributed by atoms with van der Waals surface area (Å²) in [4.78, 5) is 60.5. The number of phenols is 1. The maximum atomic E-state index is 12.8. The van der Waals surface area contributed by atoms with E-state index in [0.717, 1.165) is 30.3 Å². The van der Waals surface area contributed by atoms with Crippen LogP contribution >= 0.6 is 51.1 Å². The number of hydrogen-bond donors (Lipinski definition) is 5. The van der Waals surface area contributed by atoms with Crippen molar-refractivity contribution in [1.29, 1.82) is 5.26 Å². The smallest absolute Gasteiger partial charge is 0.416 e. The zero-order chi connectivity index (χ0) is 40.0. The van der Waals surface area contributed by atoms with E-state index < -0.39 is 72.4 Å². The number of benzene rings is 3. The standard InChI is InChI=1S/C19H15ClF3NO7.C7H3Br2NO.C3H8NO5P/c1-3-29-17(25)10(2)30-18(26)13-9-12(5-6-15(13)24(27)28)31-16-7-4-11(8-14(16)20)19(21,22)23;8-5-1-4(3-10)2-6(9)7(5)11;5-3(6)1-4-2-10(7,8)9/h4-10H,3H2,1-2H3;1-2,11H;4H,1-2H2,(H,5,6)(H2,7,8,9). The number of aromatic hydroxyl groups is 1. The van der Waals surface area contributed by atoms with Gasteiger partial charge in [0.25, 0.3) is 5.69 Å². The predicted molar refractivity (Wildman–Crippen MR) is 182 cm³/mol. The molecule has 3 aromatic carbocycles. The number of hydrogen-bond acceptors (Lipinski definition) is 12. The molecule has 0 radical (unpaired) electrons. The van der Waals surface area contributed by atoms with Crippen LogP contribution in [0.15, 0.2) is 57.5 Å². The topological polar surface area (TPSA) is 256 Å². The van der Waals surface area contributed by atoms with E-state index in [1.807, 2.05) is 6.07 Å². The van der Waals surface area contributed by atoms with Crippen LogP contribution in [-0.2, 0) is 29.8 Å². The molecule has 16 nitrogen and oxygen atoms in total. The molecule has 3 aromatic rings. The Morgan fingerprint density at radius 3 is 2.17 bits per heavy atom. The Labute approximate surface area is 313 Å². The van der Waals surface area contributed by atoms with Crippen LogP contribution in [-0.4, -0.2) is 68.4 Å². The highest BCUT2D eigenvalue weighted by molar-refractivity contribution is 9.11. The van der Waals surface area contributed by atoms with Gasteiger partial charge in [-0.1, -0.05) is 11.6 Å². The number of nitrogens with zero attached hydrogens (tertiary/aromatic N) is 2. The van der Waals surface area contributed by atoms with Crippen LogP contribution in [0.3, 0.4) is 0 Å². The SMILES string of the molecule is CCOC(=O)C(C)OC(=O)c1cc(Oc2ccc(C(F)(F)F)cc2Cl)ccc1[N+](=O)[O-].N#Cc1cc(Br)c(O)c(Br)c1.O=C(O)CNCP(=O)(O)O. The van der Waals surface area contributed by atoms with E-state index >= 15 is 0 Å². The second-order valence-corrected chi connectivity index (χ2v) is 13.3. The van der Waals surface area contributed by atoms with Gasteiger partial charge in [-0.3, -0.25) is 24.8 Å². The number of nitriles is 1. The average Bonchev–Trinajstić information content (AvgIpc) is 3.03. The van der Waals surface area contributed by atoms with Gasteiger partial charge < -0.3 is 34.2 Å². The van der Waals surface area contributed by atoms with Gasteiger partial charge in [-0.25, -0.2) is 9.59 Å². The number of nitro benzene ring substituents is 1. The number of halogens is 6. The summed E-state index contributed by atoms with van der Waals surface area (Å²) in [6.07, 6.45) is -6.54. The van der Waals surface area contributed by atoms with E-state index in [4.69, 9.17) is 46.0 Å². The summed E-state index contributed by atoms with van der Waals surface area (Å²) in [5, 5.41) is 38.7. The van der Waals surface area contributed by atoms with Gasteiger partial charge in [0.2, 0.25) is 0 Å².